The maximum absolute atomic E-state index is 14.9. The largest absolute Gasteiger partial charge is 0.465 e. The predicted octanol–water partition coefficient (Wildman–Crippen LogP) is 3.25. The van der Waals surface area contributed by atoms with Gasteiger partial charge in [-0.05, 0) is 44.9 Å². The smallest absolute Gasteiger partial charge is 0.404 e. The number of amides is 2. The predicted molar refractivity (Wildman–Crippen MR) is 128 cm³/mol. The summed E-state index contributed by atoms with van der Waals surface area (Å²) in [6.07, 6.45) is 5.04. The number of anilines is 3. The molecule has 4 rings (SSSR count). The van der Waals surface area contributed by atoms with Crippen molar-refractivity contribution in [1.29, 1.82) is 0 Å². The van der Waals surface area contributed by atoms with Crippen molar-refractivity contribution in [3.8, 4) is 5.69 Å². The molecule has 3 aromatic rings. The first-order valence-electron chi connectivity index (χ1n) is 11.2. The molecule has 2 atom stereocenters. The highest BCUT2D eigenvalue weighted by molar-refractivity contribution is 5.98. The van der Waals surface area contributed by atoms with E-state index in [2.05, 4.69) is 31.0 Å². The first-order valence-corrected chi connectivity index (χ1v) is 11.2. The number of pyridine rings is 2. The molecule has 1 fully saturated rings. The van der Waals surface area contributed by atoms with E-state index in [9.17, 15) is 14.0 Å². The molecule has 11 nitrogen and oxygen atoms in total. The quantitative estimate of drug-likeness (QED) is 0.343. The molecule has 6 N–H and O–H groups in total. The van der Waals surface area contributed by atoms with E-state index in [1.165, 1.54) is 6.20 Å². The third-order valence-electron chi connectivity index (χ3n) is 5.88. The van der Waals surface area contributed by atoms with E-state index < -0.39 is 23.9 Å². The molecule has 0 spiro atoms. The number of carboxylic acid groups (broad SMARTS) is 1. The zero-order valence-electron chi connectivity index (χ0n) is 19.4. The summed E-state index contributed by atoms with van der Waals surface area (Å²) in [7, 11) is 0. The van der Waals surface area contributed by atoms with Crippen molar-refractivity contribution in [1.82, 2.24) is 25.1 Å². The summed E-state index contributed by atoms with van der Waals surface area (Å²) in [6.45, 7) is 3.81. The molecule has 184 valence electrons. The summed E-state index contributed by atoms with van der Waals surface area (Å²) >= 11 is 0. The van der Waals surface area contributed by atoms with E-state index in [0.29, 0.717) is 24.2 Å². The molecule has 1 saturated carbocycles. The van der Waals surface area contributed by atoms with Gasteiger partial charge in [0.05, 0.1) is 41.1 Å². The van der Waals surface area contributed by atoms with Crippen molar-refractivity contribution in [3.63, 3.8) is 0 Å². The Morgan fingerprint density at radius 1 is 1.11 bits per heavy atom. The Labute approximate surface area is 201 Å². The van der Waals surface area contributed by atoms with Crippen LogP contribution in [0.2, 0.25) is 0 Å². The highest BCUT2D eigenvalue weighted by atomic mass is 19.1. The summed E-state index contributed by atoms with van der Waals surface area (Å²) in [6, 6.07) is 3.97. The Kier molecular flexibility index (Phi) is 6.80. The first-order chi connectivity index (χ1) is 16.7. The lowest BCUT2D eigenvalue weighted by molar-refractivity contribution is 0.1000. The molecule has 0 radical (unpaired) electrons. The fourth-order valence-electron chi connectivity index (χ4n) is 4.32. The molecule has 35 heavy (non-hydrogen) atoms. The molecule has 1 aliphatic rings. The summed E-state index contributed by atoms with van der Waals surface area (Å²) < 4.78 is 16.6. The van der Waals surface area contributed by atoms with Crippen LogP contribution in [-0.2, 0) is 0 Å². The van der Waals surface area contributed by atoms with Crippen LogP contribution in [0.3, 0.4) is 0 Å². The van der Waals surface area contributed by atoms with Crippen LogP contribution in [0.15, 0.2) is 30.6 Å². The van der Waals surface area contributed by atoms with Gasteiger partial charge in [0.25, 0.3) is 5.91 Å². The average molecular weight is 483 g/mol. The molecular weight excluding hydrogens is 455 g/mol. The third kappa shape index (κ3) is 5.48. The Hall–Kier alpha value is -4.22. The van der Waals surface area contributed by atoms with Gasteiger partial charge in [-0.15, -0.1) is 0 Å². The van der Waals surface area contributed by atoms with Crippen LogP contribution in [0.4, 0.5) is 26.5 Å². The molecule has 1 aliphatic carbocycles. The van der Waals surface area contributed by atoms with Gasteiger partial charge in [0.1, 0.15) is 5.82 Å². The number of aryl methyl sites for hydroxylation is 2. The number of nitrogens with two attached hydrogens (primary N) is 1. The first kappa shape index (κ1) is 23.9. The van der Waals surface area contributed by atoms with Crippen molar-refractivity contribution < 1.29 is 19.1 Å². The Bertz CT molecular complexity index is 1260. The second-order valence-corrected chi connectivity index (χ2v) is 8.57. The normalized spacial score (nSPS) is 17.6. The van der Waals surface area contributed by atoms with Gasteiger partial charge >= 0.3 is 6.09 Å². The van der Waals surface area contributed by atoms with Crippen LogP contribution < -0.4 is 21.7 Å². The monoisotopic (exact) mass is 482 g/mol. The zero-order chi connectivity index (χ0) is 25.1. The number of rotatable bonds is 7. The number of hydrogen-bond acceptors (Lipinski definition) is 7. The number of nitrogens with one attached hydrogen (secondary N) is 3. The molecule has 0 bridgehead atoms. The maximum atomic E-state index is 14.9. The topological polar surface area (TPSA) is 160 Å². The van der Waals surface area contributed by atoms with E-state index in [-0.39, 0.29) is 23.2 Å². The molecule has 12 heteroatoms. The number of primary amides is 1. The summed E-state index contributed by atoms with van der Waals surface area (Å²) in [5.74, 6) is -1.67. The van der Waals surface area contributed by atoms with Gasteiger partial charge in [0.2, 0.25) is 0 Å². The standard InChI is InChI=1S/C23H27FN8O3/c1-12-7-13(2)32(31-12)15-8-14(10-26-11-15)27-21-16(20(25)33)9-17(24)22(30-21)28-18-5-3-4-6-19(18)29-23(34)35/h7-11,18-19,29H,3-6H2,1-2H3,(H2,25,33)(H,34,35)(H2,27,28,30)/t18-,19+/m1/s1. The molecule has 0 saturated heterocycles. The Balaban J connectivity index is 1.64. The highest BCUT2D eigenvalue weighted by Crippen LogP contribution is 2.28. The van der Waals surface area contributed by atoms with Crippen LogP contribution in [0.1, 0.15) is 47.4 Å². The van der Waals surface area contributed by atoms with Gasteiger partial charge in [-0.3, -0.25) is 9.78 Å². The van der Waals surface area contributed by atoms with Gasteiger partial charge in [-0.25, -0.2) is 18.9 Å². The van der Waals surface area contributed by atoms with Crippen molar-refractivity contribution >= 4 is 29.3 Å². The minimum Gasteiger partial charge on any atom is -0.465 e. The fourth-order valence-corrected chi connectivity index (χ4v) is 4.32. The Morgan fingerprint density at radius 2 is 1.86 bits per heavy atom. The van der Waals surface area contributed by atoms with E-state index in [1.807, 2.05) is 19.9 Å². The number of nitrogens with zero attached hydrogens (tertiary/aromatic N) is 4. The second kappa shape index (κ2) is 9.95. The van der Waals surface area contributed by atoms with Crippen LogP contribution >= 0.6 is 0 Å². The summed E-state index contributed by atoms with van der Waals surface area (Å²) in [5, 5.41) is 22.1. The molecule has 0 unspecified atom stereocenters. The van der Waals surface area contributed by atoms with Crippen molar-refractivity contribution in [3.05, 3.63) is 53.4 Å². The third-order valence-corrected chi connectivity index (χ3v) is 5.88. The maximum Gasteiger partial charge on any atom is 0.404 e. The number of carbonyl (C=O) groups is 2. The number of halogens is 1. The van der Waals surface area contributed by atoms with E-state index in [1.54, 1.807) is 16.9 Å². The lowest BCUT2D eigenvalue weighted by Crippen LogP contribution is -2.48. The van der Waals surface area contributed by atoms with Crippen LogP contribution in [0, 0.1) is 19.7 Å². The van der Waals surface area contributed by atoms with Crippen LogP contribution in [0.25, 0.3) is 5.69 Å². The van der Waals surface area contributed by atoms with Gasteiger partial charge in [-0.1, -0.05) is 12.8 Å². The van der Waals surface area contributed by atoms with Gasteiger partial charge < -0.3 is 26.8 Å². The van der Waals surface area contributed by atoms with Gasteiger partial charge in [-0.2, -0.15) is 5.10 Å². The van der Waals surface area contributed by atoms with Crippen LogP contribution in [0.5, 0.6) is 0 Å². The van der Waals surface area contributed by atoms with Crippen molar-refractivity contribution in [2.75, 3.05) is 10.6 Å². The minimum atomic E-state index is -1.14. The SMILES string of the molecule is Cc1cc(C)n(-c2cncc(Nc3nc(N[C@@H]4CCCC[C@@H]4NC(=O)O)c(F)cc3C(N)=O)c2)n1. The number of hydrogen-bond donors (Lipinski definition) is 5. The molecule has 3 heterocycles. The molecule has 3 aromatic heterocycles. The number of carbonyl (C=O) groups excluding carboxylic acids is 1. The van der Waals surface area contributed by atoms with E-state index >= 15 is 0 Å². The van der Waals surface area contributed by atoms with Crippen molar-refractivity contribution in [2.45, 2.75) is 51.6 Å². The summed E-state index contributed by atoms with van der Waals surface area (Å²) in [4.78, 5) is 31.7. The average Bonchev–Trinajstić information content (AvgIpc) is 3.14. The fraction of sp³-hybridized carbons (Fsp3) is 0.348. The second-order valence-electron chi connectivity index (χ2n) is 8.57. The van der Waals surface area contributed by atoms with Crippen molar-refractivity contribution in [2.24, 2.45) is 5.73 Å². The van der Waals surface area contributed by atoms with E-state index in [0.717, 1.165) is 30.3 Å². The lowest BCUT2D eigenvalue weighted by Gasteiger charge is -2.32. The van der Waals surface area contributed by atoms with Gasteiger partial charge in [0.15, 0.2) is 11.6 Å². The van der Waals surface area contributed by atoms with Crippen LogP contribution in [-0.4, -0.2) is 48.9 Å². The zero-order valence-corrected chi connectivity index (χ0v) is 19.4. The lowest BCUT2D eigenvalue weighted by atomic mass is 9.90. The Morgan fingerprint density at radius 3 is 2.51 bits per heavy atom. The molecular formula is C23H27FN8O3. The highest BCUT2D eigenvalue weighted by Gasteiger charge is 2.28. The molecule has 0 aliphatic heterocycles. The van der Waals surface area contributed by atoms with Gasteiger partial charge in [0, 0.05) is 11.7 Å². The number of aromatic nitrogens is 4. The molecule has 2 amide bonds. The van der Waals surface area contributed by atoms with E-state index in [4.69, 9.17) is 10.8 Å². The molecule has 0 aromatic carbocycles. The minimum absolute atomic E-state index is 0.0484. The summed E-state index contributed by atoms with van der Waals surface area (Å²) in [5.41, 5.74) is 8.30.